The van der Waals surface area contributed by atoms with Gasteiger partial charge < -0.3 is 9.13 Å². The Bertz CT molecular complexity index is 4220. The molecule has 3 heterocycles. The Labute approximate surface area is 403 Å². The minimum absolute atomic E-state index is 0.605. The second kappa shape index (κ2) is 16.1. The Morgan fingerprint density at radius 3 is 1.39 bits per heavy atom. The van der Waals surface area contributed by atoms with Crippen molar-refractivity contribution in [1.82, 2.24) is 24.1 Å². The highest BCUT2D eigenvalue weighted by atomic mass is 15.0. The highest BCUT2D eigenvalue weighted by Crippen LogP contribution is 2.41. The predicted octanol–water partition coefficient (Wildman–Crippen LogP) is 16.7. The number of hydrogen-bond acceptors (Lipinski definition) is 3. The van der Waals surface area contributed by atoms with E-state index in [4.69, 9.17) is 15.0 Å². The molecule has 5 heteroatoms. The first-order valence-corrected chi connectivity index (χ1v) is 23.8. The van der Waals surface area contributed by atoms with Gasteiger partial charge in [0.25, 0.3) is 0 Å². The van der Waals surface area contributed by atoms with Crippen LogP contribution in [-0.4, -0.2) is 24.1 Å². The van der Waals surface area contributed by atoms with Crippen molar-refractivity contribution in [2.24, 2.45) is 0 Å². The fourth-order valence-corrected chi connectivity index (χ4v) is 10.5. The van der Waals surface area contributed by atoms with Crippen molar-refractivity contribution in [1.29, 1.82) is 0 Å². The van der Waals surface area contributed by atoms with Crippen LogP contribution in [0.3, 0.4) is 0 Å². The summed E-state index contributed by atoms with van der Waals surface area (Å²) in [7, 11) is 0. The van der Waals surface area contributed by atoms with Crippen LogP contribution in [0.25, 0.3) is 133 Å². The Kier molecular flexibility index (Phi) is 9.14. The van der Waals surface area contributed by atoms with Gasteiger partial charge in [-0.05, 0) is 86.9 Å². The van der Waals surface area contributed by atoms with E-state index in [0.29, 0.717) is 17.5 Å². The van der Waals surface area contributed by atoms with Crippen LogP contribution in [0.2, 0.25) is 0 Å². The second-order valence-electron chi connectivity index (χ2n) is 18.0. The molecule has 0 atom stereocenters. The molecule has 0 aliphatic rings. The predicted molar refractivity (Wildman–Crippen MR) is 291 cm³/mol. The van der Waals surface area contributed by atoms with E-state index in [0.717, 1.165) is 61.4 Å². The summed E-state index contributed by atoms with van der Waals surface area (Å²) < 4.78 is 4.86. The Morgan fingerprint density at radius 2 is 0.714 bits per heavy atom. The van der Waals surface area contributed by atoms with Gasteiger partial charge in [0.1, 0.15) is 0 Å². The lowest BCUT2D eigenvalue weighted by atomic mass is 10.0. The van der Waals surface area contributed by atoms with E-state index in [1.807, 2.05) is 12.1 Å². The molecule has 0 spiro atoms. The summed E-state index contributed by atoms with van der Waals surface area (Å²) in [6.07, 6.45) is 0. The molecule has 0 saturated carbocycles. The number of fused-ring (bicyclic) bond motifs is 9. The highest BCUT2D eigenvalue weighted by molar-refractivity contribution is 6.19. The summed E-state index contributed by atoms with van der Waals surface area (Å²) in [5.74, 6) is 1.84. The molecule has 11 aromatic carbocycles. The van der Waals surface area contributed by atoms with Crippen LogP contribution in [0, 0.1) is 0 Å². The fraction of sp³-hybridized carbons (Fsp3) is 0. The third-order valence-electron chi connectivity index (χ3n) is 13.9. The van der Waals surface area contributed by atoms with E-state index in [9.17, 15) is 0 Å². The minimum Gasteiger partial charge on any atom is -0.309 e. The molecule has 5 nitrogen and oxygen atoms in total. The van der Waals surface area contributed by atoms with Crippen molar-refractivity contribution in [3.63, 3.8) is 0 Å². The monoisotopic (exact) mass is 891 g/mol. The van der Waals surface area contributed by atoms with Crippen molar-refractivity contribution in [2.45, 2.75) is 0 Å². The van der Waals surface area contributed by atoms with Gasteiger partial charge >= 0.3 is 0 Å². The third-order valence-corrected chi connectivity index (χ3v) is 13.9. The molecule has 0 N–H and O–H groups in total. The molecule has 0 amide bonds. The van der Waals surface area contributed by atoms with Crippen LogP contribution in [0.15, 0.2) is 249 Å². The van der Waals surface area contributed by atoms with Crippen molar-refractivity contribution in [3.05, 3.63) is 249 Å². The van der Waals surface area contributed by atoms with E-state index >= 15 is 0 Å². The Morgan fingerprint density at radius 1 is 0.229 bits per heavy atom. The van der Waals surface area contributed by atoms with E-state index < -0.39 is 0 Å². The molecule has 70 heavy (non-hydrogen) atoms. The lowest BCUT2D eigenvalue weighted by Gasteiger charge is -2.13. The molecule has 0 unspecified atom stereocenters. The van der Waals surface area contributed by atoms with Crippen LogP contribution in [-0.2, 0) is 0 Å². The molecule has 14 aromatic rings. The number of hydrogen-bond donors (Lipinski definition) is 0. The van der Waals surface area contributed by atoms with Crippen LogP contribution in [0.5, 0.6) is 0 Å². The normalized spacial score (nSPS) is 11.7. The molecule has 0 radical (unpaired) electrons. The van der Waals surface area contributed by atoms with Crippen molar-refractivity contribution in [2.75, 3.05) is 0 Å². The van der Waals surface area contributed by atoms with E-state index in [1.165, 1.54) is 54.1 Å². The molecule has 326 valence electrons. The lowest BCUT2D eigenvalue weighted by molar-refractivity contribution is 1.07. The summed E-state index contributed by atoms with van der Waals surface area (Å²) in [6, 6.07) is 88.9. The van der Waals surface area contributed by atoms with Gasteiger partial charge in [-0.1, -0.05) is 200 Å². The average Bonchev–Trinajstić information content (AvgIpc) is 3.95. The van der Waals surface area contributed by atoms with Crippen molar-refractivity contribution < 1.29 is 0 Å². The van der Waals surface area contributed by atoms with Gasteiger partial charge in [-0.2, -0.15) is 0 Å². The van der Waals surface area contributed by atoms with E-state index in [-0.39, 0.29) is 0 Å². The Hall–Kier alpha value is -9.45. The minimum atomic E-state index is 0.605. The van der Waals surface area contributed by atoms with Crippen molar-refractivity contribution in [3.8, 4) is 67.8 Å². The van der Waals surface area contributed by atoms with Crippen molar-refractivity contribution >= 4 is 65.2 Å². The second-order valence-corrected chi connectivity index (χ2v) is 18.0. The summed E-state index contributed by atoms with van der Waals surface area (Å²) in [5.41, 5.74) is 14.1. The molecule has 14 rings (SSSR count). The van der Waals surface area contributed by atoms with Gasteiger partial charge in [-0.25, -0.2) is 15.0 Å². The van der Waals surface area contributed by atoms with Gasteiger partial charge in [0.15, 0.2) is 17.5 Å². The molecule has 0 aliphatic carbocycles. The number of aromatic nitrogens is 5. The first kappa shape index (κ1) is 39.7. The standard InChI is InChI=1S/C65H41N5/c1-3-14-42(15-4-1)44-26-30-47(31-27-44)63-66-64(48-32-28-45(29-33-48)43-16-5-2-6-17-43)68-65(67-63)51-21-13-22-52(38-51)70-60-37-35-53(41-58(60)56-36-34-46-18-9-10-23-54(46)62(56)70)69-59-25-12-11-24-55(59)57-39-49-19-7-8-20-50(49)40-61(57)69/h1-41H. The van der Waals surface area contributed by atoms with Crippen LogP contribution >= 0.6 is 0 Å². The molecule has 0 fully saturated rings. The van der Waals surface area contributed by atoms with Gasteiger partial charge in [0, 0.05) is 55.0 Å². The molecular weight excluding hydrogens is 851 g/mol. The van der Waals surface area contributed by atoms with Gasteiger partial charge in [0.05, 0.1) is 22.1 Å². The smallest absolute Gasteiger partial charge is 0.164 e. The summed E-state index contributed by atoms with van der Waals surface area (Å²) in [5, 5.41) is 9.70. The SMILES string of the molecule is c1ccc(-c2ccc(-c3nc(-c4ccc(-c5ccccc5)cc4)nc(-c4cccc(-n5c6ccc(-n7c8ccccc8c8cc9ccccc9cc87)cc6c6ccc7ccccc7c65)c4)n3)cc2)cc1. The van der Waals surface area contributed by atoms with E-state index in [2.05, 4.69) is 246 Å². The summed E-state index contributed by atoms with van der Waals surface area (Å²) >= 11 is 0. The first-order valence-electron chi connectivity index (χ1n) is 23.8. The quantitative estimate of drug-likeness (QED) is 0.160. The molecular formula is C65H41N5. The summed E-state index contributed by atoms with van der Waals surface area (Å²) in [6.45, 7) is 0. The molecule has 3 aromatic heterocycles. The number of para-hydroxylation sites is 1. The number of nitrogens with zero attached hydrogens (tertiary/aromatic N) is 5. The maximum atomic E-state index is 5.24. The van der Waals surface area contributed by atoms with E-state index in [1.54, 1.807) is 0 Å². The third kappa shape index (κ3) is 6.59. The highest BCUT2D eigenvalue weighted by Gasteiger charge is 2.20. The van der Waals surface area contributed by atoms with Crippen LogP contribution in [0.1, 0.15) is 0 Å². The number of rotatable bonds is 7. The Balaban J connectivity index is 0.945. The zero-order valence-corrected chi connectivity index (χ0v) is 37.9. The van der Waals surface area contributed by atoms with Crippen LogP contribution < -0.4 is 0 Å². The van der Waals surface area contributed by atoms with Gasteiger partial charge in [0.2, 0.25) is 0 Å². The largest absolute Gasteiger partial charge is 0.309 e. The molecule has 0 saturated heterocycles. The van der Waals surface area contributed by atoms with Gasteiger partial charge in [-0.15, -0.1) is 0 Å². The molecule has 0 bridgehead atoms. The first-order chi connectivity index (χ1) is 34.7. The maximum Gasteiger partial charge on any atom is 0.164 e. The topological polar surface area (TPSA) is 48.5 Å². The average molecular weight is 892 g/mol. The number of benzene rings is 11. The zero-order chi connectivity index (χ0) is 46.1. The summed E-state index contributed by atoms with van der Waals surface area (Å²) in [4.78, 5) is 15.6. The molecule has 0 aliphatic heterocycles. The zero-order valence-electron chi connectivity index (χ0n) is 37.9. The van der Waals surface area contributed by atoms with Gasteiger partial charge in [-0.3, -0.25) is 0 Å². The fourth-order valence-electron chi connectivity index (χ4n) is 10.5. The van der Waals surface area contributed by atoms with Crippen LogP contribution in [0.4, 0.5) is 0 Å². The maximum absolute atomic E-state index is 5.24. The lowest BCUT2D eigenvalue weighted by Crippen LogP contribution is -2.01.